The standard InChI is InChI=1S/C15H19F6N/c16-14(17,18)12-8-11(6-4-2-1-3-5-7-22)9-13(10-12)15(19,20)21/h8-10H,1-7,22H2. The number of nitrogens with two attached hydrogens (primary N) is 1. The number of aryl methyl sites for hydroxylation is 1. The van der Waals surface area contributed by atoms with Crippen molar-refractivity contribution in [3.63, 3.8) is 0 Å². The molecule has 0 spiro atoms. The van der Waals surface area contributed by atoms with Gasteiger partial charge in [-0.05, 0) is 49.6 Å². The highest BCUT2D eigenvalue weighted by Crippen LogP contribution is 2.36. The van der Waals surface area contributed by atoms with Crippen LogP contribution >= 0.6 is 0 Å². The Labute approximate surface area is 125 Å². The van der Waals surface area contributed by atoms with Crippen LogP contribution in [0, 0.1) is 0 Å². The molecule has 0 fully saturated rings. The number of unbranched alkanes of at least 4 members (excludes halogenated alkanes) is 4. The summed E-state index contributed by atoms with van der Waals surface area (Å²) < 4.78 is 76.1. The van der Waals surface area contributed by atoms with Gasteiger partial charge in [0.25, 0.3) is 0 Å². The summed E-state index contributed by atoms with van der Waals surface area (Å²) in [5.74, 6) is 0. The van der Waals surface area contributed by atoms with Crippen molar-refractivity contribution in [3.8, 4) is 0 Å². The van der Waals surface area contributed by atoms with E-state index in [2.05, 4.69) is 0 Å². The maximum Gasteiger partial charge on any atom is 0.416 e. The van der Waals surface area contributed by atoms with Crippen molar-refractivity contribution < 1.29 is 26.3 Å². The van der Waals surface area contributed by atoms with Crippen molar-refractivity contribution in [3.05, 3.63) is 34.9 Å². The minimum atomic E-state index is -4.78. The fourth-order valence-electron chi connectivity index (χ4n) is 2.17. The molecule has 0 aromatic heterocycles. The zero-order valence-electron chi connectivity index (χ0n) is 12.0. The third-order valence-electron chi connectivity index (χ3n) is 3.32. The van der Waals surface area contributed by atoms with E-state index in [1.54, 1.807) is 0 Å². The zero-order valence-corrected chi connectivity index (χ0v) is 12.0. The van der Waals surface area contributed by atoms with Crippen molar-refractivity contribution in [2.45, 2.75) is 50.9 Å². The van der Waals surface area contributed by atoms with E-state index in [1.165, 1.54) is 0 Å². The van der Waals surface area contributed by atoms with Gasteiger partial charge >= 0.3 is 12.4 Å². The van der Waals surface area contributed by atoms with Gasteiger partial charge in [0.05, 0.1) is 11.1 Å². The molecule has 22 heavy (non-hydrogen) atoms. The minimum Gasteiger partial charge on any atom is -0.330 e. The highest BCUT2D eigenvalue weighted by atomic mass is 19.4. The molecule has 0 saturated carbocycles. The highest BCUT2D eigenvalue weighted by molar-refractivity contribution is 5.33. The van der Waals surface area contributed by atoms with Crippen LogP contribution in [0.1, 0.15) is 48.8 Å². The molecule has 2 N–H and O–H groups in total. The Bertz CT molecular complexity index is 432. The predicted octanol–water partition coefficient (Wildman–Crippen LogP) is 5.18. The number of benzene rings is 1. The summed E-state index contributed by atoms with van der Waals surface area (Å²) in [6.45, 7) is 0.586. The Morgan fingerprint density at radius 3 is 1.59 bits per heavy atom. The number of alkyl halides is 6. The lowest BCUT2D eigenvalue weighted by Crippen LogP contribution is -2.11. The Morgan fingerprint density at radius 2 is 1.14 bits per heavy atom. The van der Waals surface area contributed by atoms with E-state index in [0.717, 1.165) is 37.8 Å². The maximum absolute atomic E-state index is 12.7. The van der Waals surface area contributed by atoms with Gasteiger partial charge in [0.2, 0.25) is 0 Å². The maximum atomic E-state index is 12.7. The average molecular weight is 327 g/mol. The van der Waals surface area contributed by atoms with E-state index in [9.17, 15) is 26.3 Å². The zero-order chi connectivity index (χ0) is 16.8. The predicted molar refractivity (Wildman–Crippen MR) is 72.3 cm³/mol. The summed E-state index contributed by atoms with van der Waals surface area (Å²) in [7, 11) is 0. The summed E-state index contributed by atoms with van der Waals surface area (Å²) in [6, 6.07) is 1.76. The van der Waals surface area contributed by atoms with Gasteiger partial charge in [-0.1, -0.05) is 19.3 Å². The summed E-state index contributed by atoms with van der Waals surface area (Å²) in [5.41, 5.74) is 2.91. The third kappa shape index (κ3) is 6.25. The van der Waals surface area contributed by atoms with Crippen LogP contribution in [0.4, 0.5) is 26.3 Å². The first-order chi connectivity index (χ1) is 10.1. The molecule has 7 heteroatoms. The van der Waals surface area contributed by atoms with E-state index in [-0.39, 0.29) is 18.1 Å². The Balaban J connectivity index is 2.77. The van der Waals surface area contributed by atoms with E-state index in [1.807, 2.05) is 0 Å². The van der Waals surface area contributed by atoms with Gasteiger partial charge < -0.3 is 5.73 Å². The van der Waals surface area contributed by atoms with Crippen molar-refractivity contribution in [1.29, 1.82) is 0 Å². The van der Waals surface area contributed by atoms with Crippen molar-refractivity contribution >= 4 is 0 Å². The summed E-state index contributed by atoms with van der Waals surface area (Å²) >= 11 is 0. The van der Waals surface area contributed by atoms with Gasteiger partial charge in [-0.2, -0.15) is 26.3 Å². The molecule has 0 atom stereocenters. The monoisotopic (exact) mass is 327 g/mol. The molecule has 0 aliphatic rings. The second-order valence-electron chi connectivity index (χ2n) is 5.22. The topological polar surface area (TPSA) is 26.0 Å². The average Bonchev–Trinajstić information content (AvgIpc) is 2.40. The second kappa shape index (κ2) is 7.85. The van der Waals surface area contributed by atoms with Gasteiger partial charge in [0, 0.05) is 0 Å². The van der Waals surface area contributed by atoms with Gasteiger partial charge in [-0.15, -0.1) is 0 Å². The van der Waals surface area contributed by atoms with Crippen molar-refractivity contribution in [2.24, 2.45) is 5.73 Å². The first-order valence-electron chi connectivity index (χ1n) is 7.13. The van der Waals surface area contributed by atoms with E-state index < -0.39 is 23.5 Å². The van der Waals surface area contributed by atoms with Crippen LogP contribution in [0.25, 0.3) is 0 Å². The van der Waals surface area contributed by atoms with Gasteiger partial charge in [-0.3, -0.25) is 0 Å². The minimum absolute atomic E-state index is 0.0703. The summed E-state index contributed by atoms with van der Waals surface area (Å²) in [4.78, 5) is 0. The second-order valence-corrected chi connectivity index (χ2v) is 5.22. The molecule has 0 saturated heterocycles. The quantitative estimate of drug-likeness (QED) is 0.542. The van der Waals surface area contributed by atoms with Crippen LogP contribution < -0.4 is 5.73 Å². The molecular formula is C15H19F6N. The van der Waals surface area contributed by atoms with E-state index in [4.69, 9.17) is 5.73 Å². The van der Waals surface area contributed by atoms with Crippen LogP contribution in [0.5, 0.6) is 0 Å². The van der Waals surface area contributed by atoms with Crippen LogP contribution in [0.3, 0.4) is 0 Å². The molecule has 0 heterocycles. The SMILES string of the molecule is NCCCCCCCc1cc(C(F)(F)F)cc(C(F)(F)F)c1. The lowest BCUT2D eigenvalue weighted by atomic mass is 10.00. The molecule has 1 nitrogen and oxygen atoms in total. The molecule has 0 aliphatic carbocycles. The molecule has 0 bridgehead atoms. The lowest BCUT2D eigenvalue weighted by molar-refractivity contribution is -0.143. The number of rotatable bonds is 7. The largest absolute Gasteiger partial charge is 0.416 e. The molecule has 0 unspecified atom stereocenters. The van der Waals surface area contributed by atoms with Gasteiger partial charge in [0.1, 0.15) is 0 Å². The highest BCUT2D eigenvalue weighted by Gasteiger charge is 2.36. The molecule has 0 aliphatic heterocycles. The normalized spacial score (nSPS) is 12.7. The fraction of sp³-hybridized carbons (Fsp3) is 0.600. The molecular weight excluding hydrogens is 308 g/mol. The first-order valence-corrected chi connectivity index (χ1v) is 7.13. The molecule has 1 rings (SSSR count). The third-order valence-corrected chi connectivity index (χ3v) is 3.32. The molecule has 1 aromatic carbocycles. The van der Waals surface area contributed by atoms with Crippen molar-refractivity contribution in [2.75, 3.05) is 6.54 Å². The first kappa shape index (κ1) is 18.8. The summed E-state index contributed by atoms with van der Waals surface area (Å²) in [5, 5.41) is 0. The smallest absolute Gasteiger partial charge is 0.330 e. The van der Waals surface area contributed by atoms with Crippen LogP contribution in [-0.2, 0) is 18.8 Å². The van der Waals surface area contributed by atoms with Crippen LogP contribution in [0.2, 0.25) is 0 Å². The van der Waals surface area contributed by atoms with Gasteiger partial charge in [-0.25, -0.2) is 0 Å². The lowest BCUT2D eigenvalue weighted by Gasteiger charge is -2.14. The number of hydrogen-bond donors (Lipinski definition) is 1. The Morgan fingerprint density at radius 1 is 0.682 bits per heavy atom. The van der Waals surface area contributed by atoms with Crippen LogP contribution in [0.15, 0.2) is 18.2 Å². The molecule has 0 radical (unpaired) electrons. The van der Waals surface area contributed by atoms with E-state index in [0.29, 0.717) is 13.0 Å². The number of halogens is 6. The van der Waals surface area contributed by atoms with E-state index >= 15 is 0 Å². The molecule has 126 valence electrons. The Hall–Kier alpha value is -1.24. The fourth-order valence-corrected chi connectivity index (χ4v) is 2.17. The van der Waals surface area contributed by atoms with Crippen LogP contribution in [-0.4, -0.2) is 6.54 Å². The Kier molecular flexibility index (Phi) is 6.71. The van der Waals surface area contributed by atoms with Gasteiger partial charge in [0.15, 0.2) is 0 Å². The molecule has 0 amide bonds. The number of hydrogen-bond acceptors (Lipinski definition) is 1. The summed E-state index contributed by atoms with van der Waals surface area (Å²) in [6.07, 6.45) is -5.36. The van der Waals surface area contributed by atoms with Crippen molar-refractivity contribution in [1.82, 2.24) is 0 Å². The molecule has 1 aromatic rings.